The first kappa shape index (κ1) is 24.7. The lowest BCUT2D eigenvalue weighted by molar-refractivity contribution is -0.145. The van der Waals surface area contributed by atoms with Crippen molar-refractivity contribution in [2.75, 3.05) is 13.2 Å². The summed E-state index contributed by atoms with van der Waals surface area (Å²) >= 11 is 0. The zero-order chi connectivity index (χ0) is 22.9. The summed E-state index contributed by atoms with van der Waals surface area (Å²) in [7, 11) is 0. The van der Waals surface area contributed by atoms with Crippen molar-refractivity contribution in [2.45, 2.75) is 71.1 Å². The number of carbonyl (C=O) groups is 1. The molecule has 0 aromatic heterocycles. The quantitative estimate of drug-likeness (QED) is 0.414. The monoisotopic (exact) mass is 428 g/mol. The molecule has 0 radical (unpaired) electrons. The van der Waals surface area contributed by atoms with Gasteiger partial charge in [-0.2, -0.15) is 0 Å². The summed E-state index contributed by atoms with van der Waals surface area (Å²) in [6.45, 7) is 5.94. The molecule has 0 amide bonds. The number of rotatable bonds is 12. The van der Waals surface area contributed by atoms with E-state index in [1.165, 1.54) is 0 Å². The van der Waals surface area contributed by atoms with Crippen molar-refractivity contribution in [1.29, 1.82) is 0 Å². The van der Waals surface area contributed by atoms with Gasteiger partial charge in [0, 0.05) is 5.41 Å². The highest BCUT2D eigenvalue weighted by molar-refractivity contribution is 5.73. The Kier molecular flexibility index (Phi) is 9.38. The van der Waals surface area contributed by atoms with Crippen LogP contribution in [-0.4, -0.2) is 34.5 Å². The van der Waals surface area contributed by atoms with E-state index in [1.54, 1.807) is 12.1 Å². The maximum Gasteiger partial charge on any atom is 0.307 e. The largest absolute Gasteiger partial charge is 0.508 e. The van der Waals surface area contributed by atoms with Crippen LogP contribution in [0.25, 0.3) is 0 Å². The van der Waals surface area contributed by atoms with Crippen LogP contribution < -0.4 is 0 Å². The molecule has 0 saturated heterocycles. The molecule has 0 aliphatic carbocycles. The Hall–Kier alpha value is -2.53. The Morgan fingerprint density at radius 2 is 1.39 bits per heavy atom. The molecule has 2 aromatic rings. The number of hydrogen-bond acceptors (Lipinski definition) is 5. The number of aromatic hydroxyl groups is 2. The average molecular weight is 429 g/mol. The number of phenols is 2. The average Bonchev–Trinajstić information content (AvgIpc) is 2.76. The summed E-state index contributed by atoms with van der Waals surface area (Å²) in [5.74, 6) is 0.122. The minimum absolute atomic E-state index is 0.0381. The molecular formula is C26H36O5. The Bertz CT molecular complexity index is 801. The van der Waals surface area contributed by atoms with E-state index in [1.807, 2.05) is 31.2 Å². The summed E-state index contributed by atoms with van der Waals surface area (Å²) in [5, 5.41) is 29.7. The van der Waals surface area contributed by atoms with Crippen LogP contribution >= 0.6 is 0 Å². The molecule has 0 fully saturated rings. The third kappa shape index (κ3) is 6.47. The fraction of sp³-hybridized carbons (Fsp3) is 0.500. The van der Waals surface area contributed by atoms with Gasteiger partial charge in [0.15, 0.2) is 0 Å². The van der Waals surface area contributed by atoms with Crippen LogP contribution in [0, 0.1) is 0 Å². The molecule has 31 heavy (non-hydrogen) atoms. The molecule has 0 heterocycles. The third-order valence-electron chi connectivity index (χ3n) is 5.88. The predicted molar refractivity (Wildman–Crippen MR) is 123 cm³/mol. The number of aliphatic hydroxyl groups excluding tert-OH is 1. The highest BCUT2D eigenvalue weighted by Gasteiger charge is 2.33. The molecule has 170 valence electrons. The minimum atomic E-state index is -0.712. The van der Waals surface area contributed by atoms with E-state index in [2.05, 4.69) is 13.8 Å². The summed E-state index contributed by atoms with van der Waals surface area (Å²) in [6.07, 6.45) is 5.58. The van der Waals surface area contributed by atoms with Crippen molar-refractivity contribution in [3.05, 3.63) is 58.7 Å². The predicted octanol–water partition coefficient (Wildman–Crippen LogP) is 5.01. The number of aryl methyl sites for hydroxylation is 2. The van der Waals surface area contributed by atoms with Crippen LogP contribution in [0.5, 0.6) is 11.5 Å². The van der Waals surface area contributed by atoms with Crippen molar-refractivity contribution < 1.29 is 24.9 Å². The number of hydrogen-bond donors (Lipinski definition) is 3. The molecule has 0 aliphatic rings. The van der Waals surface area contributed by atoms with E-state index in [-0.39, 0.29) is 31.1 Å². The first-order valence-electron chi connectivity index (χ1n) is 11.3. The number of aliphatic hydroxyl groups is 1. The van der Waals surface area contributed by atoms with Crippen molar-refractivity contribution >= 4 is 5.97 Å². The van der Waals surface area contributed by atoms with Gasteiger partial charge in [0.05, 0.1) is 13.0 Å². The summed E-state index contributed by atoms with van der Waals surface area (Å²) in [4.78, 5) is 12.6. The highest BCUT2D eigenvalue weighted by Crippen LogP contribution is 2.39. The number of ether oxygens (including phenoxy) is 1. The zero-order valence-electron chi connectivity index (χ0n) is 19.0. The Morgan fingerprint density at radius 1 is 0.903 bits per heavy atom. The zero-order valence-corrected chi connectivity index (χ0v) is 19.0. The normalized spacial score (nSPS) is 11.5. The Balaban J connectivity index is 2.53. The second kappa shape index (κ2) is 11.8. The van der Waals surface area contributed by atoms with Crippen molar-refractivity contribution in [3.63, 3.8) is 0 Å². The van der Waals surface area contributed by atoms with Gasteiger partial charge in [-0.05, 0) is 60.1 Å². The van der Waals surface area contributed by atoms with Gasteiger partial charge in [0.25, 0.3) is 0 Å². The number of esters is 1. The topological polar surface area (TPSA) is 87.0 Å². The highest BCUT2D eigenvalue weighted by atomic mass is 16.5. The van der Waals surface area contributed by atoms with Gasteiger partial charge >= 0.3 is 5.97 Å². The lowest BCUT2D eigenvalue weighted by Gasteiger charge is -2.31. The summed E-state index contributed by atoms with van der Waals surface area (Å²) in [6, 6.07) is 11.0. The fourth-order valence-electron chi connectivity index (χ4n) is 3.86. The van der Waals surface area contributed by atoms with Crippen molar-refractivity contribution in [2.24, 2.45) is 0 Å². The molecule has 2 aromatic carbocycles. The number of unbranched alkanes of at least 4 members (excludes halogenated alkanes) is 2. The second-order valence-electron chi connectivity index (χ2n) is 8.35. The van der Waals surface area contributed by atoms with Gasteiger partial charge in [0.1, 0.15) is 18.1 Å². The molecule has 0 bridgehead atoms. The molecule has 0 aliphatic heterocycles. The number of phenolic OH excluding ortho intramolecular Hbond substituents is 2. The number of carbonyl (C=O) groups excluding carboxylic acids is 1. The van der Waals surface area contributed by atoms with Gasteiger partial charge in [-0.25, -0.2) is 0 Å². The van der Waals surface area contributed by atoms with Crippen LogP contribution in [0.2, 0.25) is 0 Å². The molecule has 3 N–H and O–H groups in total. The van der Waals surface area contributed by atoms with E-state index < -0.39 is 11.4 Å². The van der Waals surface area contributed by atoms with Crippen molar-refractivity contribution in [3.8, 4) is 11.5 Å². The van der Waals surface area contributed by atoms with E-state index in [9.17, 15) is 15.0 Å². The van der Waals surface area contributed by atoms with Gasteiger partial charge in [-0.1, -0.05) is 57.9 Å². The molecular weight excluding hydrogens is 392 g/mol. The smallest absolute Gasteiger partial charge is 0.307 e. The Morgan fingerprint density at radius 3 is 1.81 bits per heavy atom. The molecule has 2 rings (SSSR count). The van der Waals surface area contributed by atoms with Crippen LogP contribution in [0.1, 0.15) is 75.1 Å². The first-order valence-corrected chi connectivity index (χ1v) is 11.3. The molecule has 5 heteroatoms. The van der Waals surface area contributed by atoms with Crippen LogP contribution in [0.15, 0.2) is 36.4 Å². The van der Waals surface area contributed by atoms with Gasteiger partial charge in [-0.3, -0.25) is 4.79 Å². The third-order valence-corrected chi connectivity index (χ3v) is 5.88. The molecule has 0 saturated carbocycles. The van der Waals surface area contributed by atoms with Crippen molar-refractivity contribution in [1.82, 2.24) is 0 Å². The first-order chi connectivity index (χ1) is 14.8. The van der Waals surface area contributed by atoms with Crippen LogP contribution in [-0.2, 0) is 27.8 Å². The van der Waals surface area contributed by atoms with E-state index in [0.717, 1.165) is 60.8 Å². The Labute approximate surface area is 185 Å². The molecule has 0 spiro atoms. The van der Waals surface area contributed by atoms with Crippen LogP contribution in [0.3, 0.4) is 0 Å². The lowest BCUT2D eigenvalue weighted by atomic mass is 9.72. The second-order valence-corrected chi connectivity index (χ2v) is 8.35. The summed E-state index contributed by atoms with van der Waals surface area (Å²) in [5.41, 5.74) is 2.82. The molecule has 0 atom stereocenters. The minimum Gasteiger partial charge on any atom is -0.508 e. The van der Waals surface area contributed by atoms with Gasteiger partial charge in [0.2, 0.25) is 0 Å². The lowest BCUT2D eigenvalue weighted by Crippen LogP contribution is -2.29. The fourth-order valence-corrected chi connectivity index (χ4v) is 3.86. The van der Waals surface area contributed by atoms with Gasteiger partial charge in [-0.15, -0.1) is 0 Å². The van der Waals surface area contributed by atoms with E-state index in [4.69, 9.17) is 9.84 Å². The maximum absolute atomic E-state index is 12.6. The van der Waals surface area contributed by atoms with Crippen LogP contribution in [0.4, 0.5) is 0 Å². The van der Waals surface area contributed by atoms with Gasteiger partial charge < -0.3 is 20.1 Å². The number of benzene rings is 2. The SMILES string of the molecule is CCCCc1cc(C(C)(CC(=O)OCCO)c2ccc(O)c(CCCC)c2)ccc1O. The molecule has 5 nitrogen and oxygen atoms in total. The standard InChI is InChI=1S/C26H36O5/c1-4-6-8-19-16-21(10-12-23(19)28)26(3,18-25(30)31-15-14-27)22-11-13-24(29)20(17-22)9-7-5-2/h10-13,16-17,27-29H,4-9,14-15,18H2,1-3H3. The van der Waals surface area contributed by atoms with E-state index in [0.29, 0.717) is 0 Å². The summed E-state index contributed by atoms with van der Waals surface area (Å²) < 4.78 is 5.18. The van der Waals surface area contributed by atoms with E-state index >= 15 is 0 Å². The molecule has 0 unspecified atom stereocenters. The maximum atomic E-state index is 12.6.